The topological polar surface area (TPSA) is 73.2 Å². The molecule has 6 heteroatoms. The number of esters is 1. The van der Waals surface area contributed by atoms with Crippen LogP contribution in [0.15, 0.2) is 48.5 Å². The van der Waals surface area contributed by atoms with Crippen LogP contribution in [0.2, 0.25) is 0 Å². The standard InChI is InChI=1S/C24H27N3O3/c1-5-14-30-24(29)20-10-12-21(13-11-20)25-23(28)22-17(3)26-27(18(22)4)15-19-8-6-16(2)7-9-19/h6-13H,5,14-15H2,1-4H3,(H,25,28). The first-order valence-corrected chi connectivity index (χ1v) is 10.1. The van der Waals surface area contributed by atoms with Crippen molar-refractivity contribution >= 4 is 17.6 Å². The second kappa shape index (κ2) is 9.39. The first-order chi connectivity index (χ1) is 14.4. The smallest absolute Gasteiger partial charge is 0.338 e. The molecule has 0 aliphatic rings. The Morgan fingerprint density at radius 1 is 1.00 bits per heavy atom. The van der Waals surface area contributed by atoms with Crippen molar-refractivity contribution in [3.05, 3.63) is 82.2 Å². The van der Waals surface area contributed by atoms with Crippen molar-refractivity contribution in [3.63, 3.8) is 0 Å². The molecule has 0 bridgehead atoms. The molecule has 156 valence electrons. The quantitative estimate of drug-likeness (QED) is 0.580. The van der Waals surface area contributed by atoms with Crippen molar-refractivity contribution in [3.8, 4) is 0 Å². The van der Waals surface area contributed by atoms with Crippen LogP contribution in [0.4, 0.5) is 5.69 Å². The number of carbonyl (C=O) groups is 2. The summed E-state index contributed by atoms with van der Waals surface area (Å²) in [6.07, 6.45) is 0.774. The first-order valence-electron chi connectivity index (χ1n) is 10.1. The molecule has 0 radical (unpaired) electrons. The Bertz CT molecular complexity index is 1030. The highest BCUT2D eigenvalue weighted by atomic mass is 16.5. The number of carbonyl (C=O) groups excluding carboxylic acids is 2. The zero-order chi connectivity index (χ0) is 21.7. The van der Waals surface area contributed by atoms with Crippen molar-refractivity contribution in [1.29, 1.82) is 0 Å². The number of nitrogens with zero attached hydrogens (tertiary/aromatic N) is 2. The third-order valence-corrected chi connectivity index (χ3v) is 4.88. The van der Waals surface area contributed by atoms with Gasteiger partial charge in [0.1, 0.15) is 0 Å². The highest BCUT2D eigenvalue weighted by Crippen LogP contribution is 2.18. The van der Waals surface area contributed by atoms with Gasteiger partial charge in [-0.15, -0.1) is 0 Å². The number of aromatic nitrogens is 2. The average Bonchev–Trinajstić information content (AvgIpc) is 3.01. The summed E-state index contributed by atoms with van der Waals surface area (Å²) in [4.78, 5) is 24.8. The Labute approximate surface area is 176 Å². The maximum atomic E-state index is 12.9. The number of aryl methyl sites for hydroxylation is 2. The minimum Gasteiger partial charge on any atom is -0.462 e. The summed E-state index contributed by atoms with van der Waals surface area (Å²) in [5.41, 5.74) is 5.45. The van der Waals surface area contributed by atoms with Crippen LogP contribution in [0.25, 0.3) is 0 Å². The van der Waals surface area contributed by atoms with Gasteiger partial charge in [-0.05, 0) is 57.0 Å². The second-order valence-electron chi connectivity index (χ2n) is 7.36. The van der Waals surface area contributed by atoms with E-state index in [9.17, 15) is 9.59 Å². The van der Waals surface area contributed by atoms with Crippen molar-refractivity contribution in [2.45, 2.75) is 40.7 Å². The summed E-state index contributed by atoms with van der Waals surface area (Å²) in [5.74, 6) is -0.583. The van der Waals surface area contributed by atoms with Gasteiger partial charge in [0.05, 0.1) is 30.0 Å². The Balaban J connectivity index is 1.71. The van der Waals surface area contributed by atoms with Crippen molar-refractivity contribution in [2.75, 3.05) is 11.9 Å². The number of hydrogen-bond donors (Lipinski definition) is 1. The SMILES string of the molecule is CCCOC(=O)c1ccc(NC(=O)c2c(C)nn(Cc3ccc(C)cc3)c2C)cc1. The number of anilines is 1. The lowest BCUT2D eigenvalue weighted by Gasteiger charge is -2.08. The first kappa shape index (κ1) is 21.3. The third kappa shape index (κ3) is 4.95. The monoisotopic (exact) mass is 405 g/mol. The number of nitrogens with one attached hydrogen (secondary N) is 1. The molecule has 0 aliphatic carbocycles. The van der Waals surface area contributed by atoms with Crippen LogP contribution in [0.5, 0.6) is 0 Å². The molecule has 0 unspecified atom stereocenters. The van der Waals surface area contributed by atoms with Crippen molar-refractivity contribution in [2.24, 2.45) is 0 Å². The molecular weight excluding hydrogens is 378 g/mol. The van der Waals surface area contributed by atoms with Gasteiger partial charge in [-0.3, -0.25) is 9.48 Å². The summed E-state index contributed by atoms with van der Waals surface area (Å²) < 4.78 is 6.97. The van der Waals surface area contributed by atoms with Crippen molar-refractivity contribution < 1.29 is 14.3 Å². The summed E-state index contributed by atoms with van der Waals surface area (Å²) in [6, 6.07) is 15.0. The predicted octanol–water partition coefficient (Wildman–Crippen LogP) is 4.68. The molecule has 3 rings (SSSR count). The van der Waals surface area contributed by atoms with Gasteiger partial charge < -0.3 is 10.1 Å². The largest absolute Gasteiger partial charge is 0.462 e. The number of rotatable bonds is 7. The van der Waals surface area contributed by atoms with Gasteiger partial charge in [0.2, 0.25) is 0 Å². The lowest BCUT2D eigenvalue weighted by Crippen LogP contribution is -2.14. The Hall–Kier alpha value is -3.41. The maximum Gasteiger partial charge on any atom is 0.338 e. The molecule has 2 aromatic carbocycles. The van der Waals surface area contributed by atoms with E-state index in [-0.39, 0.29) is 11.9 Å². The minimum absolute atomic E-state index is 0.221. The van der Waals surface area contributed by atoms with Gasteiger partial charge >= 0.3 is 5.97 Å². The molecule has 30 heavy (non-hydrogen) atoms. The van der Waals surface area contributed by atoms with Gasteiger partial charge in [0, 0.05) is 11.4 Å². The van der Waals surface area contributed by atoms with Gasteiger partial charge in [-0.25, -0.2) is 4.79 Å². The summed E-state index contributed by atoms with van der Waals surface area (Å²) >= 11 is 0. The second-order valence-corrected chi connectivity index (χ2v) is 7.36. The molecule has 1 N–H and O–H groups in total. The van der Waals surface area contributed by atoms with E-state index in [1.807, 2.05) is 25.5 Å². The molecular formula is C24H27N3O3. The molecule has 0 aliphatic heterocycles. The third-order valence-electron chi connectivity index (χ3n) is 4.88. The Kier molecular flexibility index (Phi) is 6.67. The fourth-order valence-corrected chi connectivity index (χ4v) is 3.21. The molecule has 0 fully saturated rings. The van der Waals surface area contributed by atoms with Gasteiger partial charge in [0.15, 0.2) is 0 Å². The Morgan fingerprint density at radius 2 is 1.67 bits per heavy atom. The van der Waals surface area contributed by atoms with Crippen LogP contribution >= 0.6 is 0 Å². The highest BCUT2D eigenvalue weighted by Gasteiger charge is 2.19. The zero-order valence-electron chi connectivity index (χ0n) is 17.9. The molecule has 1 heterocycles. The average molecular weight is 405 g/mol. The zero-order valence-corrected chi connectivity index (χ0v) is 17.9. The van der Waals surface area contributed by atoms with E-state index in [1.54, 1.807) is 24.3 Å². The summed E-state index contributed by atoms with van der Waals surface area (Å²) in [7, 11) is 0. The van der Waals surface area contributed by atoms with Crippen LogP contribution < -0.4 is 5.32 Å². The van der Waals surface area contributed by atoms with Crippen molar-refractivity contribution in [1.82, 2.24) is 9.78 Å². The predicted molar refractivity (Wildman–Crippen MR) is 117 cm³/mol. The van der Waals surface area contributed by atoms with Gasteiger partial charge in [-0.2, -0.15) is 5.10 Å². The fraction of sp³-hybridized carbons (Fsp3) is 0.292. The lowest BCUT2D eigenvalue weighted by atomic mass is 10.1. The molecule has 0 saturated carbocycles. The van der Waals surface area contributed by atoms with Gasteiger partial charge in [0.25, 0.3) is 5.91 Å². The Morgan fingerprint density at radius 3 is 2.30 bits per heavy atom. The molecule has 3 aromatic rings. The van der Waals surface area contributed by atoms with Crippen LogP contribution in [0.3, 0.4) is 0 Å². The van der Waals surface area contributed by atoms with E-state index in [0.29, 0.717) is 35.7 Å². The highest BCUT2D eigenvalue weighted by molar-refractivity contribution is 6.06. The van der Waals surface area contributed by atoms with E-state index in [0.717, 1.165) is 17.7 Å². The van der Waals surface area contributed by atoms with Crippen LogP contribution in [0, 0.1) is 20.8 Å². The van der Waals surface area contributed by atoms with Crippen LogP contribution in [0.1, 0.15) is 56.6 Å². The molecule has 0 atom stereocenters. The summed E-state index contributed by atoms with van der Waals surface area (Å²) in [5, 5.41) is 7.44. The van der Waals surface area contributed by atoms with Crippen LogP contribution in [-0.2, 0) is 11.3 Å². The molecule has 1 amide bonds. The molecule has 1 aromatic heterocycles. The van der Waals surface area contributed by atoms with E-state index in [4.69, 9.17) is 4.74 Å². The van der Waals surface area contributed by atoms with E-state index in [2.05, 4.69) is 41.6 Å². The number of amides is 1. The summed E-state index contributed by atoms with van der Waals surface area (Å²) in [6.45, 7) is 8.72. The maximum absolute atomic E-state index is 12.9. The normalized spacial score (nSPS) is 10.7. The van der Waals surface area contributed by atoms with Crippen LogP contribution in [-0.4, -0.2) is 28.3 Å². The number of hydrogen-bond acceptors (Lipinski definition) is 4. The number of benzene rings is 2. The molecule has 0 saturated heterocycles. The van der Waals surface area contributed by atoms with E-state index < -0.39 is 0 Å². The number of ether oxygens (including phenoxy) is 1. The molecule has 6 nitrogen and oxygen atoms in total. The lowest BCUT2D eigenvalue weighted by molar-refractivity contribution is 0.0505. The minimum atomic E-state index is -0.362. The molecule has 0 spiro atoms. The van der Waals surface area contributed by atoms with E-state index in [1.165, 1.54) is 5.56 Å². The van der Waals surface area contributed by atoms with Gasteiger partial charge in [-0.1, -0.05) is 36.8 Å². The van der Waals surface area contributed by atoms with E-state index >= 15 is 0 Å². The fourth-order valence-electron chi connectivity index (χ4n) is 3.21.